The van der Waals surface area contributed by atoms with E-state index in [4.69, 9.17) is 4.74 Å². The van der Waals surface area contributed by atoms with Gasteiger partial charge in [-0.05, 0) is 25.1 Å². The average molecular weight is 252 g/mol. The quantitative estimate of drug-likeness (QED) is 0.792. The number of hydrogen-bond acceptors (Lipinski definition) is 4. The van der Waals surface area contributed by atoms with Crippen LogP contribution < -0.4 is 10.1 Å². The van der Waals surface area contributed by atoms with Gasteiger partial charge in [-0.3, -0.25) is 4.79 Å². The Morgan fingerprint density at radius 3 is 2.83 bits per heavy atom. The smallest absolute Gasteiger partial charge is 0.236 e. The van der Waals surface area contributed by atoms with Crippen molar-refractivity contribution >= 4 is 5.91 Å². The van der Waals surface area contributed by atoms with Crippen molar-refractivity contribution in [1.29, 1.82) is 0 Å². The highest BCUT2D eigenvalue weighted by atomic mass is 16.5. The standard InChI is InChI=1S/C13H20N2O3/c1-4-15(2)13(17)9-14-8-10-7-11(18-3)5-6-12(10)16/h5-7,14,16H,4,8-9H2,1-3H3. The van der Waals surface area contributed by atoms with E-state index in [2.05, 4.69) is 5.32 Å². The number of methoxy groups -OCH3 is 1. The summed E-state index contributed by atoms with van der Waals surface area (Å²) in [5.41, 5.74) is 0.710. The number of ether oxygens (including phenoxy) is 1. The minimum atomic E-state index is 0.0277. The Balaban J connectivity index is 2.51. The second kappa shape index (κ2) is 6.86. The molecule has 5 nitrogen and oxygen atoms in total. The molecule has 0 bridgehead atoms. The molecule has 0 radical (unpaired) electrons. The Morgan fingerprint density at radius 1 is 1.50 bits per heavy atom. The van der Waals surface area contributed by atoms with Gasteiger partial charge >= 0.3 is 0 Å². The molecule has 0 heterocycles. The van der Waals surface area contributed by atoms with Crippen molar-refractivity contribution in [2.24, 2.45) is 0 Å². The fraction of sp³-hybridized carbons (Fsp3) is 0.462. The van der Waals surface area contributed by atoms with Gasteiger partial charge in [0.25, 0.3) is 0 Å². The van der Waals surface area contributed by atoms with E-state index in [-0.39, 0.29) is 18.2 Å². The van der Waals surface area contributed by atoms with Crippen molar-refractivity contribution in [3.63, 3.8) is 0 Å². The van der Waals surface area contributed by atoms with Gasteiger partial charge in [-0.15, -0.1) is 0 Å². The molecule has 0 unspecified atom stereocenters. The fourth-order valence-electron chi connectivity index (χ4n) is 1.45. The van der Waals surface area contributed by atoms with E-state index in [1.807, 2.05) is 6.92 Å². The summed E-state index contributed by atoms with van der Waals surface area (Å²) < 4.78 is 5.08. The summed E-state index contributed by atoms with van der Waals surface area (Å²) in [5, 5.41) is 12.7. The fourth-order valence-corrected chi connectivity index (χ4v) is 1.45. The van der Waals surface area contributed by atoms with E-state index in [9.17, 15) is 9.90 Å². The maximum Gasteiger partial charge on any atom is 0.236 e. The Morgan fingerprint density at radius 2 is 2.22 bits per heavy atom. The highest BCUT2D eigenvalue weighted by Crippen LogP contribution is 2.22. The number of carbonyl (C=O) groups excluding carboxylic acids is 1. The Labute approximate surface area is 107 Å². The van der Waals surface area contributed by atoms with Gasteiger partial charge in [0.15, 0.2) is 0 Å². The van der Waals surface area contributed by atoms with Crippen LogP contribution in [0.25, 0.3) is 0 Å². The molecule has 5 heteroatoms. The first-order valence-electron chi connectivity index (χ1n) is 5.89. The first-order valence-corrected chi connectivity index (χ1v) is 5.89. The number of amides is 1. The monoisotopic (exact) mass is 252 g/mol. The van der Waals surface area contributed by atoms with Crippen molar-refractivity contribution in [3.8, 4) is 11.5 Å². The molecule has 0 saturated heterocycles. The van der Waals surface area contributed by atoms with Crippen molar-refractivity contribution < 1.29 is 14.6 Å². The molecular weight excluding hydrogens is 232 g/mol. The predicted molar refractivity (Wildman–Crippen MR) is 69.7 cm³/mol. The van der Waals surface area contributed by atoms with Crippen LogP contribution in [0.3, 0.4) is 0 Å². The molecule has 0 spiro atoms. The third kappa shape index (κ3) is 3.92. The first kappa shape index (κ1) is 14.3. The van der Waals surface area contributed by atoms with Crippen LogP contribution in [0.5, 0.6) is 11.5 Å². The normalized spacial score (nSPS) is 10.2. The van der Waals surface area contributed by atoms with Crippen LogP contribution in [0, 0.1) is 0 Å². The lowest BCUT2D eigenvalue weighted by molar-refractivity contribution is -0.128. The molecule has 0 aliphatic carbocycles. The summed E-state index contributed by atoms with van der Waals surface area (Å²) in [4.78, 5) is 13.2. The molecule has 1 aromatic carbocycles. The number of benzene rings is 1. The molecule has 1 amide bonds. The van der Waals surface area contributed by atoms with Crippen molar-refractivity contribution in [2.75, 3.05) is 27.2 Å². The molecule has 1 aromatic rings. The van der Waals surface area contributed by atoms with Crippen LogP contribution >= 0.6 is 0 Å². The van der Waals surface area contributed by atoms with E-state index in [1.54, 1.807) is 37.3 Å². The Kier molecular flexibility index (Phi) is 5.45. The minimum Gasteiger partial charge on any atom is -0.508 e. The number of carbonyl (C=O) groups is 1. The summed E-state index contributed by atoms with van der Waals surface area (Å²) in [6.07, 6.45) is 0. The molecule has 0 aliphatic rings. The Hall–Kier alpha value is -1.75. The third-order valence-corrected chi connectivity index (χ3v) is 2.78. The first-order chi connectivity index (χ1) is 8.58. The number of nitrogens with one attached hydrogen (secondary N) is 1. The average Bonchev–Trinajstić information content (AvgIpc) is 2.39. The zero-order valence-electron chi connectivity index (χ0n) is 11.1. The lowest BCUT2D eigenvalue weighted by Gasteiger charge is -2.15. The summed E-state index contributed by atoms with van der Waals surface area (Å²) in [6.45, 7) is 3.28. The van der Waals surface area contributed by atoms with Gasteiger partial charge in [0.2, 0.25) is 5.91 Å². The minimum absolute atomic E-state index is 0.0277. The van der Waals surface area contributed by atoms with Crippen molar-refractivity contribution in [1.82, 2.24) is 10.2 Å². The maximum absolute atomic E-state index is 11.5. The van der Waals surface area contributed by atoms with Gasteiger partial charge in [0, 0.05) is 25.7 Å². The highest BCUT2D eigenvalue weighted by molar-refractivity contribution is 5.77. The van der Waals surface area contributed by atoms with E-state index in [0.29, 0.717) is 24.4 Å². The lowest BCUT2D eigenvalue weighted by Crippen LogP contribution is -2.35. The summed E-state index contributed by atoms with van der Waals surface area (Å²) >= 11 is 0. The van der Waals surface area contributed by atoms with E-state index in [1.165, 1.54) is 0 Å². The van der Waals surface area contributed by atoms with Gasteiger partial charge in [0.1, 0.15) is 11.5 Å². The number of phenolic OH excluding ortho intramolecular Hbond substituents is 1. The molecule has 18 heavy (non-hydrogen) atoms. The zero-order chi connectivity index (χ0) is 13.5. The molecule has 1 rings (SSSR count). The van der Waals surface area contributed by atoms with E-state index in [0.717, 1.165) is 0 Å². The van der Waals surface area contributed by atoms with Gasteiger partial charge in [-0.1, -0.05) is 0 Å². The van der Waals surface area contributed by atoms with Gasteiger partial charge in [0.05, 0.1) is 13.7 Å². The summed E-state index contributed by atoms with van der Waals surface area (Å²) in [7, 11) is 3.33. The largest absolute Gasteiger partial charge is 0.508 e. The van der Waals surface area contributed by atoms with Gasteiger partial charge in [-0.2, -0.15) is 0 Å². The number of aromatic hydroxyl groups is 1. The molecular formula is C13H20N2O3. The summed E-state index contributed by atoms with van der Waals surface area (Å²) in [5.74, 6) is 0.904. The molecule has 0 aliphatic heterocycles. The van der Waals surface area contributed by atoms with Crippen LogP contribution in [-0.2, 0) is 11.3 Å². The van der Waals surface area contributed by atoms with Crippen LogP contribution in [0.1, 0.15) is 12.5 Å². The molecule has 0 fully saturated rings. The second-order valence-corrected chi connectivity index (χ2v) is 4.01. The summed E-state index contributed by atoms with van der Waals surface area (Å²) in [6, 6.07) is 5.01. The van der Waals surface area contributed by atoms with Crippen LogP contribution in [0.2, 0.25) is 0 Å². The predicted octanol–water partition coefficient (Wildman–Crippen LogP) is 0.969. The van der Waals surface area contributed by atoms with Gasteiger partial charge < -0.3 is 20.1 Å². The van der Waals surface area contributed by atoms with Gasteiger partial charge in [-0.25, -0.2) is 0 Å². The maximum atomic E-state index is 11.5. The SMILES string of the molecule is CCN(C)C(=O)CNCc1cc(OC)ccc1O. The second-order valence-electron chi connectivity index (χ2n) is 4.01. The molecule has 0 atom stereocenters. The highest BCUT2D eigenvalue weighted by Gasteiger charge is 2.07. The number of nitrogens with zero attached hydrogens (tertiary/aromatic N) is 1. The number of rotatable bonds is 6. The third-order valence-electron chi connectivity index (χ3n) is 2.78. The number of hydrogen-bond donors (Lipinski definition) is 2. The lowest BCUT2D eigenvalue weighted by atomic mass is 10.2. The molecule has 0 saturated carbocycles. The van der Waals surface area contributed by atoms with Crippen LogP contribution in [0.4, 0.5) is 0 Å². The van der Waals surface area contributed by atoms with E-state index >= 15 is 0 Å². The Bertz CT molecular complexity index is 407. The molecule has 2 N–H and O–H groups in total. The van der Waals surface area contributed by atoms with Crippen LogP contribution in [0.15, 0.2) is 18.2 Å². The van der Waals surface area contributed by atoms with Crippen LogP contribution in [-0.4, -0.2) is 43.2 Å². The van der Waals surface area contributed by atoms with E-state index < -0.39 is 0 Å². The molecule has 100 valence electrons. The number of likely N-dealkylation sites (N-methyl/N-ethyl adjacent to an activating group) is 1. The zero-order valence-corrected chi connectivity index (χ0v) is 11.1. The van der Waals surface area contributed by atoms with Crippen molar-refractivity contribution in [2.45, 2.75) is 13.5 Å². The number of phenols is 1. The topological polar surface area (TPSA) is 61.8 Å². The molecule has 0 aromatic heterocycles. The van der Waals surface area contributed by atoms with Crippen molar-refractivity contribution in [3.05, 3.63) is 23.8 Å².